The number of carbonyl (C=O) groups is 2. The van der Waals surface area contributed by atoms with Crippen LogP contribution in [-0.4, -0.2) is 39.1 Å². The van der Waals surface area contributed by atoms with Gasteiger partial charge in [0.1, 0.15) is 0 Å². The SMILES string of the molecule is COC(=O)c1c(C)[nH]c(C(=O)[C@@H](C)Sc2nc3ccc(C)cc3[nH]2)c1C. The number of nitrogens with zero attached hydrogens (tertiary/aromatic N) is 1. The third-order valence-corrected chi connectivity index (χ3v) is 5.33. The molecular formula is C19H21N3O3S. The summed E-state index contributed by atoms with van der Waals surface area (Å²) in [6.07, 6.45) is 0. The van der Waals surface area contributed by atoms with Crippen LogP contribution in [0.3, 0.4) is 0 Å². The van der Waals surface area contributed by atoms with Gasteiger partial charge in [-0.25, -0.2) is 9.78 Å². The second-order valence-electron chi connectivity index (χ2n) is 6.30. The van der Waals surface area contributed by atoms with Gasteiger partial charge in [0.15, 0.2) is 10.9 Å². The van der Waals surface area contributed by atoms with Crippen LogP contribution in [0.2, 0.25) is 0 Å². The van der Waals surface area contributed by atoms with E-state index in [1.165, 1.54) is 18.9 Å². The van der Waals surface area contributed by atoms with Crippen molar-refractivity contribution in [1.29, 1.82) is 0 Å². The van der Waals surface area contributed by atoms with Crippen molar-refractivity contribution >= 4 is 34.5 Å². The summed E-state index contributed by atoms with van der Waals surface area (Å²) in [5, 5.41) is 0.333. The first-order valence-corrected chi connectivity index (χ1v) is 9.14. The van der Waals surface area contributed by atoms with Gasteiger partial charge in [0.2, 0.25) is 0 Å². The molecule has 2 N–H and O–H groups in total. The number of rotatable bonds is 5. The van der Waals surface area contributed by atoms with Crippen LogP contribution in [-0.2, 0) is 4.74 Å². The third-order valence-electron chi connectivity index (χ3n) is 4.35. The lowest BCUT2D eigenvalue weighted by Crippen LogP contribution is -2.15. The minimum absolute atomic E-state index is 0.0811. The number of hydrogen-bond donors (Lipinski definition) is 2. The number of H-pyrrole nitrogens is 2. The number of aryl methyl sites for hydroxylation is 2. The van der Waals surface area contributed by atoms with E-state index in [2.05, 4.69) is 15.0 Å². The van der Waals surface area contributed by atoms with Crippen LogP contribution >= 0.6 is 11.8 Å². The molecule has 0 aliphatic heterocycles. The molecule has 0 aliphatic rings. The first-order chi connectivity index (χ1) is 12.3. The van der Waals surface area contributed by atoms with Crippen LogP contribution in [0.5, 0.6) is 0 Å². The molecule has 3 aromatic rings. The second kappa shape index (κ2) is 6.99. The highest BCUT2D eigenvalue weighted by atomic mass is 32.2. The fourth-order valence-electron chi connectivity index (χ4n) is 2.98. The number of esters is 1. The predicted octanol–water partition coefficient (Wildman–Crippen LogP) is 3.97. The molecule has 136 valence electrons. The third kappa shape index (κ3) is 3.26. The molecule has 0 saturated carbocycles. The van der Waals surface area contributed by atoms with Crippen molar-refractivity contribution in [2.24, 2.45) is 0 Å². The summed E-state index contributed by atoms with van der Waals surface area (Å²) < 4.78 is 4.80. The zero-order chi connectivity index (χ0) is 19.0. The van der Waals surface area contributed by atoms with Gasteiger partial charge in [0, 0.05) is 5.69 Å². The van der Waals surface area contributed by atoms with Gasteiger partial charge < -0.3 is 14.7 Å². The molecule has 1 aromatic carbocycles. The molecule has 3 rings (SSSR count). The minimum Gasteiger partial charge on any atom is -0.465 e. The van der Waals surface area contributed by atoms with E-state index < -0.39 is 5.97 Å². The number of benzene rings is 1. The van der Waals surface area contributed by atoms with Crippen LogP contribution in [0.25, 0.3) is 11.0 Å². The fraction of sp³-hybridized carbons (Fsp3) is 0.316. The van der Waals surface area contributed by atoms with Crippen molar-refractivity contribution in [2.45, 2.75) is 38.1 Å². The maximum atomic E-state index is 12.9. The fourth-order valence-corrected chi connectivity index (χ4v) is 3.86. The van der Waals surface area contributed by atoms with Crippen molar-refractivity contribution in [2.75, 3.05) is 7.11 Å². The van der Waals surface area contributed by atoms with Crippen molar-refractivity contribution < 1.29 is 14.3 Å². The van der Waals surface area contributed by atoms with E-state index in [0.717, 1.165) is 16.6 Å². The Bertz CT molecular complexity index is 1000. The highest BCUT2D eigenvalue weighted by Crippen LogP contribution is 2.28. The molecule has 0 radical (unpaired) electrons. The van der Waals surface area contributed by atoms with E-state index in [9.17, 15) is 9.59 Å². The molecule has 6 nitrogen and oxygen atoms in total. The maximum absolute atomic E-state index is 12.9. The van der Waals surface area contributed by atoms with Crippen LogP contribution in [0.1, 0.15) is 44.6 Å². The van der Waals surface area contributed by atoms with Gasteiger partial charge in [0.25, 0.3) is 0 Å². The number of imidazole rings is 1. The Kier molecular flexibility index (Phi) is 4.91. The molecule has 0 bridgehead atoms. The van der Waals surface area contributed by atoms with Gasteiger partial charge in [-0.1, -0.05) is 17.8 Å². The van der Waals surface area contributed by atoms with Crippen LogP contribution in [0.4, 0.5) is 0 Å². The minimum atomic E-state index is -0.441. The van der Waals surface area contributed by atoms with E-state index in [0.29, 0.717) is 27.7 Å². The van der Waals surface area contributed by atoms with Gasteiger partial charge in [-0.2, -0.15) is 0 Å². The lowest BCUT2D eigenvalue weighted by atomic mass is 10.1. The molecule has 2 heterocycles. The quantitative estimate of drug-likeness (QED) is 0.402. The zero-order valence-corrected chi connectivity index (χ0v) is 16.2. The van der Waals surface area contributed by atoms with Crippen molar-refractivity contribution in [3.63, 3.8) is 0 Å². The molecule has 0 amide bonds. The van der Waals surface area contributed by atoms with Crippen LogP contribution in [0.15, 0.2) is 23.4 Å². The summed E-state index contributed by atoms with van der Waals surface area (Å²) in [7, 11) is 1.33. The highest BCUT2D eigenvalue weighted by Gasteiger charge is 2.26. The lowest BCUT2D eigenvalue weighted by Gasteiger charge is -2.08. The average molecular weight is 371 g/mol. The number of ketones is 1. The molecule has 26 heavy (non-hydrogen) atoms. The van der Waals surface area contributed by atoms with Crippen LogP contribution in [0, 0.1) is 20.8 Å². The Morgan fingerprint density at radius 2 is 1.92 bits per heavy atom. The predicted molar refractivity (Wildman–Crippen MR) is 102 cm³/mol. The summed E-state index contributed by atoms with van der Waals surface area (Å²) in [6, 6.07) is 5.99. The number of hydrogen-bond acceptors (Lipinski definition) is 5. The standard InChI is InChI=1S/C19H21N3O3S/c1-9-6-7-13-14(8-9)22-19(21-13)26-12(4)17(23)16-10(2)15(11(3)20-16)18(24)25-5/h6-8,12,20H,1-5H3,(H,21,22)/t12-/m1/s1. The van der Waals surface area contributed by atoms with Gasteiger partial charge in [0.05, 0.1) is 34.7 Å². The molecular weight excluding hydrogens is 350 g/mol. The Balaban J connectivity index is 1.84. The summed E-state index contributed by atoms with van der Waals surface area (Å²) in [5.74, 6) is -0.523. The maximum Gasteiger partial charge on any atom is 0.339 e. The lowest BCUT2D eigenvalue weighted by molar-refractivity contribution is 0.0599. The van der Waals surface area contributed by atoms with Gasteiger partial charge in [-0.15, -0.1) is 0 Å². The summed E-state index contributed by atoms with van der Waals surface area (Å²) in [6.45, 7) is 7.37. The summed E-state index contributed by atoms with van der Waals surface area (Å²) >= 11 is 1.36. The van der Waals surface area contributed by atoms with E-state index >= 15 is 0 Å². The molecule has 2 aromatic heterocycles. The number of aromatic nitrogens is 3. The van der Waals surface area contributed by atoms with Gasteiger partial charge in [-0.05, 0) is 51.0 Å². The number of thioether (sulfide) groups is 1. The monoisotopic (exact) mass is 371 g/mol. The largest absolute Gasteiger partial charge is 0.465 e. The molecule has 0 aliphatic carbocycles. The Labute approximate surface area is 155 Å². The van der Waals surface area contributed by atoms with Gasteiger partial charge in [-0.3, -0.25) is 4.79 Å². The second-order valence-corrected chi connectivity index (χ2v) is 7.63. The number of aromatic amines is 2. The molecule has 0 spiro atoms. The highest BCUT2D eigenvalue weighted by molar-refractivity contribution is 8.00. The van der Waals surface area contributed by atoms with Crippen molar-refractivity contribution in [3.8, 4) is 0 Å². The smallest absolute Gasteiger partial charge is 0.339 e. The molecule has 0 saturated heterocycles. The molecule has 0 unspecified atom stereocenters. The number of Topliss-reactive ketones (excluding diaryl/α,β-unsaturated/α-hetero) is 1. The Morgan fingerprint density at radius 1 is 1.19 bits per heavy atom. The van der Waals surface area contributed by atoms with E-state index in [1.54, 1.807) is 13.8 Å². The normalized spacial score (nSPS) is 12.3. The summed E-state index contributed by atoms with van der Waals surface area (Å²) in [5.41, 5.74) is 5.09. The molecule has 7 heteroatoms. The van der Waals surface area contributed by atoms with Crippen LogP contribution < -0.4 is 0 Å². The Hall–Kier alpha value is -2.54. The first kappa shape index (κ1) is 18.3. The van der Waals surface area contributed by atoms with Gasteiger partial charge >= 0.3 is 5.97 Å². The van der Waals surface area contributed by atoms with E-state index in [-0.39, 0.29) is 11.0 Å². The zero-order valence-electron chi connectivity index (χ0n) is 15.4. The number of ether oxygens (including phenoxy) is 1. The average Bonchev–Trinajstić information content (AvgIpc) is 3.12. The van der Waals surface area contributed by atoms with E-state index in [1.807, 2.05) is 32.0 Å². The topological polar surface area (TPSA) is 87.8 Å². The molecule has 0 fully saturated rings. The summed E-state index contributed by atoms with van der Waals surface area (Å²) in [4.78, 5) is 35.6. The Morgan fingerprint density at radius 3 is 2.62 bits per heavy atom. The van der Waals surface area contributed by atoms with Crippen molar-refractivity contribution in [3.05, 3.63) is 46.3 Å². The molecule has 1 atom stereocenters. The van der Waals surface area contributed by atoms with E-state index in [4.69, 9.17) is 4.74 Å². The first-order valence-electron chi connectivity index (χ1n) is 8.26. The van der Waals surface area contributed by atoms with Crippen molar-refractivity contribution in [1.82, 2.24) is 15.0 Å². The number of nitrogens with one attached hydrogen (secondary N) is 2. The number of fused-ring (bicyclic) bond motifs is 1. The number of methoxy groups -OCH3 is 1. The number of carbonyl (C=O) groups excluding carboxylic acids is 2.